The molecule has 3 nitrogen and oxygen atoms in total. The van der Waals surface area contributed by atoms with Crippen molar-refractivity contribution in [3.8, 4) is 11.8 Å². The molecule has 0 aromatic heterocycles. The summed E-state index contributed by atoms with van der Waals surface area (Å²) in [6.45, 7) is 6.78. The average molecular weight is 258 g/mol. The molecule has 0 bridgehead atoms. The van der Waals surface area contributed by atoms with Crippen LogP contribution in [0.3, 0.4) is 0 Å². The lowest BCUT2D eigenvalue weighted by atomic mass is 10.0. The van der Waals surface area contributed by atoms with Crippen molar-refractivity contribution in [3.63, 3.8) is 0 Å². The Bertz CT molecular complexity index is 472. The monoisotopic (exact) mass is 258 g/mol. The van der Waals surface area contributed by atoms with E-state index in [1.165, 1.54) is 18.4 Å². The highest BCUT2D eigenvalue weighted by molar-refractivity contribution is 5.37. The number of aryl methyl sites for hydroxylation is 1. The molecule has 1 fully saturated rings. The minimum absolute atomic E-state index is 0.213. The first-order valence-electron chi connectivity index (χ1n) is 6.99. The Kier molecular flexibility index (Phi) is 4.44. The predicted octanol–water partition coefficient (Wildman–Crippen LogP) is 3.14. The van der Waals surface area contributed by atoms with Gasteiger partial charge in [-0.1, -0.05) is 26.0 Å². The number of rotatable bonds is 6. The summed E-state index contributed by atoms with van der Waals surface area (Å²) in [4.78, 5) is 0. The molecule has 19 heavy (non-hydrogen) atoms. The van der Waals surface area contributed by atoms with Crippen molar-refractivity contribution in [1.82, 2.24) is 5.32 Å². The number of benzene rings is 1. The molecule has 0 heterocycles. The maximum absolute atomic E-state index is 9.10. The molecule has 3 heteroatoms. The first-order valence-corrected chi connectivity index (χ1v) is 6.99. The van der Waals surface area contributed by atoms with Crippen LogP contribution < -0.4 is 10.1 Å². The molecule has 1 aliphatic carbocycles. The molecule has 0 radical (unpaired) electrons. The van der Waals surface area contributed by atoms with E-state index in [1.807, 2.05) is 6.92 Å². The van der Waals surface area contributed by atoms with Gasteiger partial charge in [-0.05, 0) is 42.9 Å². The van der Waals surface area contributed by atoms with Crippen LogP contribution in [0.5, 0.6) is 5.75 Å². The molecular formula is C16H22N2O. The van der Waals surface area contributed by atoms with Crippen LogP contribution in [0.1, 0.15) is 43.7 Å². The summed E-state index contributed by atoms with van der Waals surface area (Å²) in [5.74, 6) is 1.38. The van der Waals surface area contributed by atoms with E-state index in [-0.39, 0.29) is 6.04 Å². The molecule has 0 spiro atoms. The van der Waals surface area contributed by atoms with Crippen molar-refractivity contribution >= 4 is 0 Å². The molecule has 1 atom stereocenters. The molecule has 0 amide bonds. The molecule has 2 rings (SSSR count). The van der Waals surface area contributed by atoms with E-state index in [2.05, 4.69) is 43.4 Å². The van der Waals surface area contributed by atoms with Gasteiger partial charge in [-0.2, -0.15) is 5.26 Å². The fraction of sp³-hybridized carbons (Fsp3) is 0.562. The summed E-state index contributed by atoms with van der Waals surface area (Å²) in [6.07, 6.45) is 2.36. The van der Waals surface area contributed by atoms with E-state index < -0.39 is 0 Å². The molecule has 1 aromatic carbocycles. The van der Waals surface area contributed by atoms with Gasteiger partial charge in [0.05, 0.1) is 6.07 Å². The minimum Gasteiger partial charge on any atom is -0.491 e. The third kappa shape index (κ3) is 3.97. The van der Waals surface area contributed by atoms with Crippen molar-refractivity contribution in [2.75, 3.05) is 6.61 Å². The molecule has 0 saturated heterocycles. The van der Waals surface area contributed by atoms with Crippen LogP contribution in [-0.2, 0) is 0 Å². The van der Waals surface area contributed by atoms with E-state index >= 15 is 0 Å². The number of nitrogens with zero attached hydrogens (tertiary/aromatic N) is 1. The minimum atomic E-state index is -0.213. The molecule has 102 valence electrons. The normalized spacial score (nSPS) is 16.2. The zero-order chi connectivity index (χ0) is 13.8. The number of hydrogen-bond acceptors (Lipinski definition) is 3. The molecule has 1 aromatic rings. The molecule has 1 saturated carbocycles. The number of nitrogens with one attached hydrogen (secondary N) is 1. The van der Waals surface area contributed by atoms with Crippen LogP contribution >= 0.6 is 0 Å². The first-order chi connectivity index (χ1) is 9.10. The SMILES string of the molecule is Cc1ccc(C(C)C)cc1OCC(C#N)NC1CC1. The van der Waals surface area contributed by atoms with E-state index in [0.717, 1.165) is 11.3 Å². The highest BCUT2D eigenvalue weighted by atomic mass is 16.5. The lowest BCUT2D eigenvalue weighted by Crippen LogP contribution is -2.34. The molecular weight excluding hydrogens is 236 g/mol. The Morgan fingerprint density at radius 2 is 2.16 bits per heavy atom. The van der Waals surface area contributed by atoms with E-state index in [9.17, 15) is 0 Å². The highest BCUT2D eigenvalue weighted by Crippen LogP contribution is 2.24. The van der Waals surface area contributed by atoms with Gasteiger partial charge in [-0.25, -0.2) is 0 Å². The number of nitriles is 1. The topological polar surface area (TPSA) is 45.0 Å². The third-order valence-corrected chi connectivity index (χ3v) is 3.45. The fourth-order valence-electron chi connectivity index (χ4n) is 1.96. The number of ether oxygens (including phenoxy) is 1. The molecule has 1 aliphatic rings. The Morgan fingerprint density at radius 3 is 2.74 bits per heavy atom. The Morgan fingerprint density at radius 1 is 1.42 bits per heavy atom. The van der Waals surface area contributed by atoms with Crippen molar-refractivity contribution in [1.29, 1.82) is 5.26 Å². The van der Waals surface area contributed by atoms with Crippen LogP contribution in [-0.4, -0.2) is 18.7 Å². The molecule has 1 N–H and O–H groups in total. The Balaban J connectivity index is 1.97. The fourth-order valence-corrected chi connectivity index (χ4v) is 1.96. The van der Waals surface area contributed by atoms with Gasteiger partial charge in [0.1, 0.15) is 18.4 Å². The largest absolute Gasteiger partial charge is 0.491 e. The van der Waals surface area contributed by atoms with E-state index in [4.69, 9.17) is 10.00 Å². The summed E-state index contributed by atoms with van der Waals surface area (Å²) in [6, 6.07) is 8.88. The van der Waals surface area contributed by atoms with E-state index in [1.54, 1.807) is 0 Å². The molecule has 1 unspecified atom stereocenters. The standard InChI is InChI=1S/C16H22N2O/c1-11(2)13-5-4-12(3)16(8-13)19-10-15(9-17)18-14-6-7-14/h4-5,8,11,14-15,18H,6-7,10H2,1-3H3. The van der Waals surface area contributed by atoms with Crippen LogP contribution in [0.2, 0.25) is 0 Å². The zero-order valence-electron chi connectivity index (χ0n) is 11.9. The van der Waals surface area contributed by atoms with Crippen molar-refractivity contribution in [3.05, 3.63) is 29.3 Å². The summed E-state index contributed by atoms with van der Waals surface area (Å²) in [5.41, 5.74) is 2.39. The van der Waals surface area contributed by atoms with Gasteiger partial charge in [0.25, 0.3) is 0 Å². The molecule has 0 aliphatic heterocycles. The van der Waals surface area contributed by atoms with Gasteiger partial charge in [0.15, 0.2) is 0 Å². The Hall–Kier alpha value is -1.53. The van der Waals surface area contributed by atoms with Gasteiger partial charge in [-0.3, -0.25) is 5.32 Å². The van der Waals surface area contributed by atoms with Crippen molar-refractivity contribution in [2.45, 2.75) is 51.6 Å². The number of hydrogen-bond donors (Lipinski definition) is 1. The summed E-state index contributed by atoms with van der Waals surface area (Å²) in [7, 11) is 0. The van der Waals surface area contributed by atoms with Crippen LogP contribution in [0, 0.1) is 18.3 Å². The van der Waals surface area contributed by atoms with Crippen LogP contribution in [0.15, 0.2) is 18.2 Å². The summed E-state index contributed by atoms with van der Waals surface area (Å²) in [5, 5.41) is 12.4. The zero-order valence-corrected chi connectivity index (χ0v) is 11.9. The third-order valence-electron chi connectivity index (χ3n) is 3.45. The van der Waals surface area contributed by atoms with Gasteiger partial charge in [-0.15, -0.1) is 0 Å². The van der Waals surface area contributed by atoms with Crippen molar-refractivity contribution < 1.29 is 4.74 Å². The lowest BCUT2D eigenvalue weighted by Gasteiger charge is -2.15. The van der Waals surface area contributed by atoms with Gasteiger partial charge in [0, 0.05) is 6.04 Å². The van der Waals surface area contributed by atoms with E-state index in [0.29, 0.717) is 18.6 Å². The average Bonchev–Trinajstić information content (AvgIpc) is 3.19. The quantitative estimate of drug-likeness (QED) is 0.852. The second-order valence-electron chi connectivity index (χ2n) is 5.61. The van der Waals surface area contributed by atoms with Gasteiger partial charge < -0.3 is 4.74 Å². The highest BCUT2D eigenvalue weighted by Gasteiger charge is 2.24. The smallest absolute Gasteiger partial charge is 0.130 e. The van der Waals surface area contributed by atoms with Crippen molar-refractivity contribution in [2.24, 2.45) is 0 Å². The summed E-state index contributed by atoms with van der Waals surface area (Å²) < 4.78 is 5.82. The first kappa shape index (κ1) is 13.9. The maximum atomic E-state index is 9.10. The van der Waals surface area contributed by atoms with Gasteiger partial charge >= 0.3 is 0 Å². The second-order valence-corrected chi connectivity index (χ2v) is 5.61. The second kappa shape index (κ2) is 6.08. The Labute approximate surface area is 115 Å². The lowest BCUT2D eigenvalue weighted by molar-refractivity contribution is 0.286. The summed E-state index contributed by atoms with van der Waals surface area (Å²) >= 11 is 0. The van der Waals surface area contributed by atoms with Crippen LogP contribution in [0.4, 0.5) is 0 Å². The predicted molar refractivity (Wildman–Crippen MR) is 76.3 cm³/mol. The van der Waals surface area contributed by atoms with Gasteiger partial charge in [0.2, 0.25) is 0 Å². The van der Waals surface area contributed by atoms with Crippen LogP contribution in [0.25, 0.3) is 0 Å². The maximum Gasteiger partial charge on any atom is 0.130 e.